The summed E-state index contributed by atoms with van der Waals surface area (Å²) in [5.74, 6) is -2.76. The Balaban J connectivity index is 2.12. The van der Waals surface area contributed by atoms with Crippen molar-refractivity contribution in [3.63, 3.8) is 0 Å². The molecule has 1 aromatic rings. The number of nitrogens with one attached hydrogen (secondary N) is 1. The van der Waals surface area contributed by atoms with Crippen molar-refractivity contribution in [3.05, 3.63) is 47.3 Å². The second kappa shape index (κ2) is 14.0. The first kappa shape index (κ1) is 31.7. The third-order valence-corrected chi connectivity index (χ3v) is 6.61. The Labute approximate surface area is 219 Å². The number of carbonyl (C=O) groups excluding carboxylic acids is 2. The second-order valence-electron chi connectivity index (χ2n) is 9.53. The van der Waals surface area contributed by atoms with Gasteiger partial charge in [0.25, 0.3) is 5.91 Å². The smallest absolute Gasteiger partial charge is 0.387 e. The number of amides is 2. The Hall–Kier alpha value is -2.54. The molecule has 8 nitrogen and oxygen atoms in total. The van der Waals surface area contributed by atoms with Gasteiger partial charge in [0.1, 0.15) is 30.2 Å². The lowest BCUT2D eigenvalue weighted by atomic mass is 9.99. The van der Waals surface area contributed by atoms with Crippen LogP contribution in [0.2, 0.25) is 0 Å². The molecule has 214 valence electrons. The van der Waals surface area contributed by atoms with Gasteiger partial charge in [0, 0.05) is 20.2 Å². The van der Waals surface area contributed by atoms with Gasteiger partial charge in [0.15, 0.2) is 6.10 Å². The lowest BCUT2D eigenvalue weighted by Crippen LogP contribution is -2.55. The van der Waals surface area contributed by atoms with Gasteiger partial charge in [-0.15, -0.1) is 0 Å². The van der Waals surface area contributed by atoms with Crippen LogP contribution in [0.4, 0.5) is 17.6 Å². The van der Waals surface area contributed by atoms with Gasteiger partial charge in [-0.3, -0.25) is 9.59 Å². The summed E-state index contributed by atoms with van der Waals surface area (Å²) in [6, 6.07) is 1.45. The molecule has 0 bridgehead atoms. The second-order valence-corrected chi connectivity index (χ2v) is 9.53. The van der Waals surface area contributed by atoms with Crippen LogP contribution in [0.1, 0.15) is 50.7 Å². The largest absolute Gasteiger partial charge is 0.419 e. The van der Waals surface area contributed by atoms with Crippen LogP contribution < -0.4 is 5.32 Å². The minimum atomic E-state index is -4.89. The first-order chi connectivity index (χ1) is 17.8. The highest BCUT2D eigenvalue weighted by atomic mass is 19.4. The fourth-order valence-electron chi connectivity index (χ4n) is 4.09. The Morgan fingerprint density at radius 2 is 1.89 bits per heavy atom. The number of alkyl halides is 3. The molecule has 2 rings (SSSR count). The van der Waals surface area contributed by atoms with E-state index in [1.54, 1.807) is 6.08 Å². The molecule has 1 saturated heterocycles. The lowest BCUT2D eigenvalue weighted by Gasteiger charge is -2.29. The van der Waals surface area contributed by atoms with Crippen molar-refractivity contribution in [1.29, 1.82) is 0 Å². The van der Waals surface area contributed by atoms with Gasteiger partial charge in [-0.25, -0.2) is 4.39 Å². The summed E-state index contributed by atoms with van der Waals surface area (Å²) >= 11 is 0. The number of ether oxygens (including phenoxy) is 1. The van der Waals surface area contributed by atoms with E-state index in [2.05, 4.69) is 5.32 Å². The maximum Gasteiger partial charge on any atom is 0.419 e. The summed E-state index contributed by atoms with van der Waals surface area (Å²) in [6.07, 6.45) is -6.51. The Morgan fingerprint density at radius 1 is 1.21 bits per heavy atom. The van der Waals surface area contributed by atoms with Crippen LogP contribution in [-0.2, 0) is 27.0 Å². The highest BCUT2D eigenvalue weighted by Crippen LogP contribution is 2.32. The Bertz CT molecular complexity index is 974. The number of likely N-dealkylation sites (tertiary alicyclic amines) is 1. The summed E-state index contributed by atoms with van der Waals surface area (Å²) in [4.78, 5) is 27.3. The molecular formula is C26H36F4N2O6. The van der Waals surface area contributed by atoms with Gasteiger partial charge < -0.3 is 30.3 Å². The minimum absolute atomic E-state index is 0.0757. The fourth-order valence-corrected chi connectivity index (χ4v) is 4.09. The molecule has 1 aliphatic rings. The van der Waals surface area contributed by atoms with Crippen molar-refractivity contribution in [1.82, 2.24) is 10.2 Å². The van der Waals surface area contributed by atoms with E-state index < -0.39 is 59.8 Å². The molecule has 1 fully saturated rings. The molecule has 1 unspecified atom stereocenters. The Morgan fingerprint density at radius 3 is 2.50 bits per heavy atom. The van der Waals surface area contributed by atoms with E-state index in [1.807, 2.05) is 13.8 Å². The molecule has 38 heavy (non-hydrogen) atoms. The summed E-state index contributed by atoms with van der Waals surface area (Å²) in [5, 5.41) is 33.5. The quantitative estimate of drug-likeness (QED) is 0.249. The molecular weight excluding hydrogens is 512 g/mol. The monoisotopic (exact) mass is 548 g/mol. The number of halogens is 4. The van der Waals surface area contributed by atoms with E-state index in [0.717, 1.165) is 19.6 Å². The molecule has 12 heteroatoms. The van der Waals surface area contributed by atoms with Gasteiger partial charge in [-0.1, -0.05) is 38.5 Å². The summed E-state index contributed by atoms with van der Waals surface area (Å²) in [6.45, 7) is 3.83. The van der Waals surface area contributed by atoms with Crippen molar-refractivity contribution in [2.75, 3.05) is 13.7 Å². The SMILES string of the molecule is CCC(C)/C=C/[C@@H](O)[C@H](O)[C@@H](O)[C@@H](OC)C(=O)N[C@H]1CCCCN(Cc2ccc(F)c(C(F)(F)F)c2)C1=O. The number of aliphatic hydroxyl groups is 3. The lowest BCUT2D eigenvalue weighted by molar-refractivity contribution is -0.151. The number of methoxy groups -OCH3 is 1. The molecule has 0 radical (unpaired) electrons. The molecule has 1 heterocycles. The van der Waals surface area contributed by atoms with Crippen LogP contribution in [0, 0.1) is 11.7 Å². The number of carbonyl (C=O) groups is 2. The first-order valence-corrected chi connectivity index (χ1v) is 12.5. The highest BCUT2D eigenvalue weighted by Gasteiger charge is 2.38. The molecule has 0 aliphatic carbocycles. The molecule has 0 saturated carbocycles. The van der Waals surface area contributed by atoms with Crippen LogP contribution in [0.5, 0.6) is 0 Å². The van der Waals surface area contributed by atoms with Crippen LogP contribution in [0.3, 0.4) is 0 Å². The van der Waals surface area contributed by atoms with Crippen LogP contribution in [-0.4, -0.2) is 76.1 Å². The molecule has 2 amide bonds. The van der Waals surface area contributed by atoms with E-state index in [0.29, 0.717) is 25.0 Å². The normalized spacial score (nSPS) is 21.1. The van der Waals surface area contributed by atoms with Gasteiger partial charge >= 0.3 is 6.18 Å². The summed E-state index contributed by atoms with van der Waals surface area (Å²) < 4.78 is 58.0. The maximum atomic E-state index is 13.6. The highest BCUT2D eigenvalue weighted by molar-refractivity contribution is 5.89. The molecule has 0 aromatic heterocycles. The molecule has 0 spiro atoms. The van der Waals surface area contributed by atoms with Gasteiger partial charge in [0.2, 0.25) is 5.91 Å². The zero-order valence-electron chi connectivity index (χ0n) is 21.6. The zero-order chi connectivity index (χ0) is 28.6. The van der Waals surface area contributed by atoms with E-state index in [1.165, 1.54) is 11.0 Å². The number of allylic oxidation sites excluding steroid dienone is 1. The average molecular weight is 549 g/mol. The predicted molar refractivity (Wildman–Crippen MR) is 130 cm³/mol. The van der Waals surface area contributed by atoms with Crippen molar-refractivity contribution in [2.45, 2.75) is 82.7 Å². The van der Waals surface area contributed by atoms with Gasteiger partial charge in [0.05, 0.1) is 5.56 Å². The molecule has 6 atom stereocenters. The van der Waals surface area contributed by atoms with E-state index in [9.17, 15) is 42.5 Å². The van der Waals surface area contributed by atoms with Crippen molar-refractivity contribution in [2.24, 2.45) is 5.92 Å². The standard InChI is InChI=1S/C26H36F4N2O6/c1-4-15(2)8-11-20(33)21(34)22(35)23(38-3)24(36)31-19-7-5-6-12-32(25(19)37)14-16-9-10-18(27)17(13-16)26(28,29)30/h8-11,13,15,19-23,33-35H,4-7,12,14H2,1-3H3,(H,31,36)/b11-8+/t15?,19-,20+,21-,22+,23+/m0/s1. The van der Waals surface area contributed by atoms with E-state index in [4.69, 9.17) is 4.74 Å². The van der Waals surface area contributed by atoms with Gasteiger partial charge in [-0.05, 0) is 42.9 Å². The number of aliphatic hydroxyl groups excluding tert-OH is 3. The number of hydrogen-bond acceptors (Lipinski definition) is 6. The summed E-state index contributed by atoms with van der Waals surface area (Å²) in [7, 11) is 1.12. The minimum Gasteiger partial charge on any atom is -0.387 e. The summed E-state index contributed by atoms with van der Waals surface area (Å²) in [5.41, 5.74) is -1.36. The number of benzene rings is 1. The van der Waals surface area contributed by atoms with Gasteiger partial charge in [-0.2, -0.15) is 13.2 Å². The Kier molecular flexibility index (Phi) is 11.7. The number of hydrogen-bond donors (Lipinski definition) is 4. The number of rotatable bonds is 11. The predicted octanol–water partition coefficient (Wildman–Crippen LogP) is 2.54. The molecule has 4 N–H and O–H groups in total. The maximum absolute atomic E-state index is 13.6. The zero-order valence-corrected chi connectivity index (χ0v) is 21.6. The average Bonchev–Trinajstić information content (AvgIpc) is 3.03. The number of nitrogens with zero attached hydrogens (tertiary/aromatic N) is 1. The van der Waals surface area contributed by atoms with Crippen molar-refractivity contribution >= 4 is 11.8 Å². The third-order valence-electron chi connectivity index (χ3n) is 6.61. The third kappa shape index (κ3) is 8.48. The molecule has 1 aromatic carbocycles. The van der Waals surface area contributed by atoms with Crippen LogP contribution in [0.25, 0.3) is 0 Å². The fraction of sp³-hybridized carbons (Fsp3) is 0.615. The molecule has 1 aliphatic heterocycles. The topological polar surface area (TPSA) is 119 Å². The first-order valence-electron chi connectivity index (χ1n) is 12.5. The van der Waals surface area contributed by atoms with Crippen molar-refractivity contribution in [3.8, 4) is 0 Å². The van der Waals surface area contributed by atoms with E-state index in [-0.39, 0.29) is 31.0 Å². The van der Waals surface area contributed by atoms with E-state index >= 15 is 0 Å². The van der Waals surface area contributed by atoms with Crippen molar-refractivity contribution < 1.29 is 47.2 Å². The van der Waals surface area contributed by atoms with Crippen LogP contribution >= 0.6 is 0 Å². The van der Waals surface area contributed by atoms with Crippen LogP contribution in [0.15, 0.2) is 30.4 Å².